The lowest BCUT2D eigenvalue weighted by Gasteiger charge is -2.21. The Morgan fingerprint density at radius 3 is 2.60 bits per heavy atom. The number of hydrogen-bond donors (Lipinski definition) is 1. The summed E-state index contributed by atoms with van der Waals surface area (Å²) in [5.41, 5.74) is 1.23. The average Bonchev–Trinajstić information content (AvgIpc) is 3.05. The van der Waals surface area contributed by atoms with E-state index in [1.165, 1.54) is 0 Å². The number of nitrogens with one attached hydrogen (secondary N) is 1. The van der Waals surface area contributed by atoms with Crippen molar-refractivity contribution in [1.29, 1.82) is 0 Å². The van der Waals surface area contributed by atoms with Crippen molar-refractivity contribution in [3.05, 3.63) is 82.9 Å². The smallest absolute Gasteiger partial charge is 0.253 e. The monoisotopic (exact) mass is 355 g/mol. The number of carbonyl (C=O) groups is 1. The van der Waals surface area contributed by atoms with E-state index in [-0.39, 0.29) is 5.91 Å². The first-order chi connectivity index (χ1) is 12.1. The molecule has 0 spiro atoms. The van der Waals surface area contributed by atoms with Crippen LogP contribution in [-0.2, 0) is 7.05 Å². The molecule has 0 radical (unpaired) electrons. The van der Waals surface area contributed by atoms with E-state index in [1.54, 1.807) is 37.6 Å². The Morgan fingerprint density at radius 2 is 1.92 bits per heavy atom. The van der Waals surface area contributed by atoms with E-state index >= 15 is 0 Å². The Morgan fingerprint density at radius 1 is 1.20 bits per heavy atom. The van der Waals surface area contributed by atoms with Crippen LogP contribution in [0.3, 0.4) is 0 Å². The molecule has 0 fully saturated rings. The lowest BCUT2D eigenvalue weighted by atomic mass is 10.0. The van der Waals surface area contributed by atoms with Gasteiger partial charge < -0.3 is 14.6 Å². The number of carbonyl (C=O) groups excluding carboxylic acids is 1. The van der Waals surface area contributed by atoms with Gasteiger partial charge in [0, 0.05) is 25.0 Å². The number of benzene rings is 2. The Bertz CT molecular complexity index is 892. The van der Waals surface area contributed by atoms with E-state index in [4.69, 9.17) is 16.3 Å². The normalized spacial score (nSPS) is 11.8. The van der Waals surface area contributed by atoms with Crippen LogP contribution in [-0.4, -0.2) is 22.6 Å². The fourth-order valence-corrected chi connectivity index (χ4v) is 2.92. The highest BCUT2D eigenvalue weighted by Gasteiger charge is 2.24. The van der Waals surface area contributed by atoms with Gasteiger partial charge in [-0.3, -0.25) is 4.79 Å². The molecule has 0 aliphatic rings. The topological polar surface area (TPSA) is 56.1 Å². The summed E-state index contributed by atoms with van der Waals surface area (Å²) < 4.78 is 7.33. The molecule has 0 saturated heterocycles. The molecule has 0 bridgehead atoms. The van der Waals surface area contributed by atoms with Crippen molar-refractivity contribution in [2.45, 2.75) is 6.04 Å². The van der Waals surface area contributed by atoms with Gasteiger partial charge in [-0.2, -0.15) is 0 Å². The second-order valence-corrected chi connectivity index (χ2v) is 5.93. The molecule has 0 saturated carbocycles. The highest BCUT2D eigenvalue weighted by molar-refractivity contribution is 6.33. The molecule has 0 aliphatic heterocycles. The van der Waals surface area contributed by atoms with E-state index in [9.17, 15) is 4.79 Å². The van der Waals surface area contributed by atoms with Crippen molar-refractivity contribution in [2.75, 3.05) is 7.11 Å². The van der Waals surface area contributed by atoms with E-state index in [2.05, 4.69) is 10.3 Å². The van der Waals surface area contributed by atoms with Crippen LogP contribution in [0.2, 0.25) is 5.02 Å². The Balaban J connectivity index is 2.02. The van der Waals surface area contributed by atoms with Gasteiger partial charge >= 0.3 is 0 Å². The zero-order valence-corrected chi connectivity index (χ0v) is 14.7. The molecule has 1 amide bonds. The van der Waals surface area contributed by atoms with E-state index in [1.807, 2.05) is 42.1 Å². The van der Waals surface area contributed by atoms with Gasteiger partial charge in [0.2, 0.25) is 0 Å². The van der Waals surface area contributed by atoms with Crippen molar-refractivity contribution in [2.24, 2.45) is 7.05 Å². The molecule has 3 rings (SSSR count). The Hall–Kier alpha value is -2.79. The number of aromatic nitrogens is 2. The molecular formula is C19H18ClN3O2. The van der Waals surface area contributed by atoms with Gasteiger partial charge in [-0.25, -0.2) is 4.98 Å². The largest absolute Gasteiger partial charge is 0.496 e. The fourth-order valence-electron chi connectivity index (χ4n) is 2.70. The van der Waals surface area contributed by atoms with Gasteiger partial charge in [0.15, 0.2) is 0 Å². The van der Waals surface area contributed by atoms with Gasteiger partial charge in [0.25, 0.3) is 5.91 Å². The molecule has 0 aliphatic carbocycles. The molecule has 1 unspecified atom stereocenters. The number of amides is 1. The first kappa shape index (κ1) is 17.0. The van der Waals surface area contributed by atoms with Crippen LogP contribution >= 0.6 is 11.6 Å². The SMILES string of the molecule is COc1ccccc1C(NC(=O)c1ccccc1Cl)c1nccn1C. The molecule has 1 atom stereocenters. The molecule has 2 aromatic carbocycles. The summed E-state index contributed by atoms with van der Waals surface area (Å²) in [6.45, 7) is 0. The molecule has 128 valence electrons. The van der Waals surface area contributed by atoms with Crippen LogP contribution in [0.25, 0.3) is 0 Å². The van der Waals surface area contributed by atoms with Crippen molar-refractivity contribution < 1.29 is 9.53 Å². The zero-order valence-electron chi connectivity index (χ0n) is 13.9. The molecular weight excluding hydrogens is 338 g/mol. The summed E-state index contributed by atoms with van der Waals surface area (Å²) in [6.07, 6.45) is 3.53. The minimum absolute atomic E-state index is 0.274. The molecule has 25 heavy (non-hydrogen) atoms. The molecule has 1 N–H and O–H groups in total. The maximum Gasteiger partial charge on any atom is 0.253 e. The molecule has 1 aromatic heterocycles. The average molecular weight is 356 g/mol. The molecule has 5 nitrogen and oxygen atoms in total. The number of nitrogens with zero attached hydrogens (tertiary/aromatic N) is 2. The van der Waals surface area contributed by atoms with Crippen LogP contribution in [0.1, 0.15) is 27.8 Å². The van der Waals surface area contributed by atoms with Gasteiger partial charge in [-0.15, -0.1) is 0 Å². The number of aryl methyl sites for hydroxylation is 1. The molecule has 1 heterocycles. The van der Waals surface area contributed by atoms with Crippen LogP contribution < -0.4 is 10.1 Å². The summed E-state index contributed by atoms with van der Waals surface area (Å²) >= 11 is 6.16. The standard InChI is InChI=1S/C19H18ClN3O2/c1-23-12-11-21-18(23)17(14-8-4-6-10-16(14)25-2)22-19(24)13-7-3-5-9-15(13)20/h3-12,17H,1-2H3,(H,22,24). The minimum atomic E-state index is -0.472. The molecule has 6 heteroatoms. The zero-order chi connectivity index (χ0) is 17.8. The van der Waals surface area contributed by atoms with Crippen LogP contribution in [0.4, 0.5) is 0 Å². The second kappa shape index (κ2) is 7.40. The van der Waals surface area contributed by atoms with Crippen LogP contribution in [0, 0.1) is 0 Å². The van der Waals surface area contributed by atoms with Crippen LogP contribution in [0.15, 0.2) is 60.9 Å². The Labute approximate surface area is 151 Å². The van der Waals surface area contributed by atoms with Crippen molar-refractivity contribution >= 4 is 17.5 Å². The summed E-state index contributed by atoms with van der Waals surface area (Å²) in [7, 11) is 3.48. The number of halogens is 1. The maximum atomic E-state index is 12.8. The minimum Gasteiger partial charge on any atom is -0.496 e. The summed E-state index contributed by atoms with van der Waals surface area (Å²) in [5.74, 6) is 1.10. The third kappa shape index (κ3) is 3.51. The Kier molecular flexibility index (Phi) is 5.05. The second-order valence-electron chi connectivity index (χ2n) is 5.52. The fraction of sp³-hybridized carbons (Fsp3) is 0.158. The number of rotatable bonds is 5. The summed E-state index contributed by atoms with van der Waals surface area (Å²) in [6, 6.07) is 14.0. The lowest BCUT2D eigenvalue weighted by Crippen LogP contribution is -2.31. The molecule has 3 aromatic rings. The predicted octanol–water partition coefficient (Wildman–Crippen LogP) is 3.60. The third-order valence-corrected chi connectivity index (χ3v) is 4.29. The number of hydrogen-bond acceptors (Lipinski definition) is 3. The van der Waals surface area contributed by atoms with Crippen molar-refractivity contribution in [3.63, 3.8) is 0 Å². The number of para-hydroxylation sites is 1. The van der Waals surface area contributed by atoms with Gasteiger partial charge in [-0.1, -0.05) is 41.9 Å². The highest BCUT2D eigenvalue weighted by Crippen LogP contribution is 2.29. The van der Waals surface area contributed by atoms with Gasteiger partial charge in [0.05, 0.1) is 17.7 Å². The quantitative estimate of drug-likeness (QED) is 0.760. The van der Waals surface area contributed by atoms with Gasteiger partial charge in [-0.05, 0) is 18.2 Å². The predicted molar refractivity (Wildman–Crippen MR) is 97.0 cm³/mol. The van der Waals surface area contributed by atoms with Crippen molar-refractivity contribution in [1.82, 2.24) is 14.9 Å². The lowest BCUT2D eigenvalue weighted by molar-refractivity contribution is 0.0941. The highest BCUT2D eigenvalue weighted by atomic mass is 35.5. The first-order valence-electron chi connectivity index (χ1n) is 7.77. The number of imidazole rings is 1. The number of methoxy groups -OCH3 is 1. The summed E-state index contributed by atoms with van der Waals surface area (Å²) in [4.78, 5) is 17.2. The van der Waals surface area contributed by atoms with E-state index < -0.39 is 6.04 Å². The third-order valence-electron chi connectivity index (χ3n) is 3.96. The summed E-state index contributed by atoms with van der Waals surface area (Å²) in [5, 5.41) is 3.42. The van der Waals surface area contributed by atoms with Crippen LogP contribution in [0.5, 0.6) is 5.75 Å². The maximum absolute atomic E-state index is 12.8. The number of ether oxygens (including phenoxy) is 1. The van der Waals surface area contributed by atoms with Crippen molar-refractivity contribution in [3.8, 4) is 5.75 Å². The van der Waals surface area contributed by atoms with E-state index in [0.717, 1.165) is 5.56 Å². The first-order valence-corrected chi connectivity index (χ1v) is 8.15. The van der Waals surface area contributed by atoms with E-state index in [0.29, 0.717) is 22.2 Å². The van der Waals surface area contributed by atoms with Gasteiger partial charge in [0.1, 0.15) is 17.6 Å².